The smallest absolute Gasteiger partial charge is 0.407 e. The standard InChI is InChI=1S/C20H30N2O5/c1-14(21-19(25)27-20(2,3)4)13-22(5)18(24)11-10-17(23)15-8-7-9-16(12-15)26-6/h7-9,12,14H,10-11,13H2,1-6H3,(H,21,25). The first-order valence-corrected chi connectivity index (χ1v) is 8.92. The van der Waals surface area contributed by atoms with Gasteiger partial charge in [-0.3, -0.25) is 9.59 Å². The molecule has 0 aliphatic carbocycles. The van der Waals surface area contributed by atoms with Crippen molar-refractivity contribution in [1.82, 2.24) is 10.2 Å². The molecule has 150 valence electrons. The second-order valence-electron chi connectivity index (χ2n) is 7.48. The van der Waals surface area contributed by atoms with Crippen LogP contribution < -0.4 is 10.1 Å². The summed E-state index contributed by atoms with van der Waals surface area (Å²) in [6.45, 7) is 7.46. The second-order valence-corrected chi connectivity index (χ2v) is 7.48. The summed E-state index contributed by atoms with van der Waals surface area (Å²) in [5.41, 5.74) is -0.0591. The Morgan fingerprint density at radius 2 is 1.85 bits per heavy atom. The van der Waals surface area contributed by atoms with Crippen molar-refractivity contribution in [2.24, 2.45) is 0 Å². The number of nitrogens with zero attached hydrogens (tertiary/aromatic N) is 1. The lowest BCUT2D eigenvalue weighted by molar-refractivity contribution is -0.130. The van der Waals surface area contributed by atoms with Gasteiger partial charge >= 0.3 is 6.09 Å². The Morgan fingerprint density at radius 1 is 1.19 bits per heavy atom. The molecule has 1 N–H and O–H groups in total. The minimum absolute atomic E-state index is 0.103. The van der Waals surface area contributed by atoms with E-state index in [2.05, 4.69) is 5.32 Å². The zero-order valence-corrected chi connectivity index (χ0v) is 17.0. The molecule has 0 aliphatic heterocycles. The van der Waals surface area contributed by atoms with Crippen LogP contribution >= 0.6 is 0 Å². The number of ether oxygens (including phenoxy) is 2. The van der Waals surface area contributed by atoms with Crippen LogP contribution in [0.4, 0.5) is 4.79 Å². The third-order valence-corrected chi connectivity index (χ3v) is 3.69. The summed E-state index contributed by atoms with van der Waals surface area (Å²) in [7, 11) is 3.18. The molecule has 0 aliphatic rings. The van der Waals surface area contributed by atoms with Gasteiger partial charge in [0.05, 0.1) is 7.11 Å². The Hall–Kier alpha value is -2.57. The summed E-state index contributed by atoms with van der Waals surface area (Å²) in [6, 6.07) is 6.58. The quantitative estimate of drug-likeness (QED) is 0.703. The van der Waals surface area contributed by atoms with Crippen molar-refractivity contribution in [1.29, 1.82) is 0 Å². The molecule has 0 saturated carbocycles. The van der Waals surface area contributed by atoms with Gasteiger partial charge in [-0.25, -0.2) is 4.79 Å². The van der Waals surface area contributed by atoms with Crippen molar-refractivity contribution in [2.45, 2.75) is 52.2 Å². The van der Waals surface area contributed by atoms with Gasteiger partial charge in [-0.2, -0.15) is 0 Å². The topological polar surface area (TPSA) is 84.9 Å². The lowest BCUT2D eigenvalue weighted by atomic mass is 10.1. The fourth-order valence-electron chi connectivity index (χ4n) is 2.42. The predicted octanol–water partition coefficient (Wildman–Crippen LogP) is 3.03. The number of nitrogens with one attached hydrogen (secondary N) is 1. The van der Waals surface area contributed by atoms with Gasteiger partial charge in [0.25, 0.3) is 0 Å². The highest BCUT2D eigenvalue weighted by Crippen LogP contribution is 2.15. The predicted molar refractivity (Wildman–Crippen MR) is 103 cm³/mol. The Balaban J connectivity index is 2.45. The van der Waals surface area contributed by atoms with E-state index in [0.717, 1.165) is 0 Å². The summed E-state index contributed by atoms with van der Waals surface area (Å²) in [5.74, 6) is 0.325. The first kappa shape index (κ1) is 22.5. The number of rotatable bonds is 8. The lowest BCUT2D eigenvalue weighted by Gasteiger charge is -2.25. The number of hydrogen-bond donors (Lipinski definition) is 1. The van der Waals surface area contributed by atoms with Gasteiger partial charge in [-0.05, 0) is 39.8 Å². The monoisotopic (exact) mass is 378 g/mol. The van der Waals surface area contributed by atoms with E-state index in [0.29, 0.717) is 17.9 Å². The van der Waals surface area contributed by atoms with E-state index in [4.69, 9.17) is 9.47 Å². The maximum Gasteiger partial charge on any atom is 0.407 e. The fraction of sp³-hybridized carbons (Fsp3) is 0.550. The molecule has 0 fully saturated rings. The molecule has 27 heavy (non-hydrogen) atoms. The van der Waals surface area contributed by atoms with Crippen molar-refractivity contribution < 1.29 is 23.9 Å². The number of likely N-dealkylation sites (N-methyl/N-ethyl adjacent to an activating group) is 1. The van der Waals surface area contributed by atoms with E-state index < -0.39 is 11.7 Å². The number of carbonyl (C=O) groups excluding carboxylic acids is 3. The average Bonchev–Trinajstić information content (AvgIpc) is 2.57. The maximum atomic E-state index is 12.3. The van der Waals surface area contributed by atoms with Crippen LogP contribution in [0.3, 0.4) is 0 Å². The summed E-state index contributed by atoms with van der Waals surface area (Å²) in [5, 5.41) is 2.69. The van der Waals surface area contributed by atoms with Crippen molar-refractivity contribution in [3.8, 4) is 5.75 Å². The van der Waals surface area contributed by atoms with E-state index in [1.54, 1.807) is 59.0 Å². The summed E-state index contributed by atoms with van der Waals surface area (Å²) in [6.07, 6.45) is -0.306. The molecule has 1 aromatic carbocycles. The van der Waals surface area contributed by atoms with Gasteiger partial charge in [0.15, 0.2) is 5.78 Å². The number of benzene rings is 1. The minimum Gasteiger partial charge on any atom is -0.497 e. The van der Waals surface area contributed by atoms with Gasteiger partial charge in [-0.15, -0.1) is 0 Å². The number of ketones is 1. The van der Waals surface area contributed by atoms with Crippen LogP contribution in [0.2, 0.25) is 0 Å². The normalized spacial score (nSPS) is 12.1. The number of carbonyl (C=O) groups is 3. The average molecular weight is 378 g/mol. The lowest BCUT2D eigenvalue weighted by Crippen LogP contribution is -2.44. The first-order valence-electron chi connectivity index (χ1n) is 8.92. The molecule has 1 rings (SSSR count). The third-order valence-electron chi connectivity index (χ3n) is 3.69. The molecule has 0 aromatic heterocycles. The zero-order valence-electron chi connectivity index (χ0n) is 17.0. The number of methoxy groups -OCH3 is 1. The van der Waals surface area contributed by atoms with Crippen LogP contribution in [0.5, 0.6) is 5.75 Å². The Bertz CT molecular complexity index is 667. The molecule has 7 heteroatoms. The van der Waals surface area contributed by atoms with Crippen molar-refractivity contribution in [2.75, 3.05) is 20.7 Å². The van der Waals surface area contributed by atoms with Crippen molar-refractivity contribution >= 4 is 17.8 Å². The molecule has 7 nitrogen and oxygen atoms in total. The Labute approximate surface area is 161 Å². The Kier molecular flexibility index (Phi) is 8.28. The van der Waals surface area contributed by atoms with Crippen LogP contribution in [-0.2, 0) is 9.53 Å². The zero-order chi connectivity index (χ0) is 20.6. The maximum absolute atomic E-state index is 12.3. The van der Waals surface area contributed by atoms with Gasteiger partial charge in [0.2, 0.25) is 5.91 Å². The molecule has 2 amide bonds. The van der Waals surface area contributed by atoms with E-state index in [9.17, 15) is 14.4 Å². The molecule has 0 radical (unpaired) electrons. The van der Waals surface area contributed by atoms with Gasteiger partial charge in [0.1, 0.15) is 11.4 Å². The molecule has 1 unspecified atom stereocenters. The molecule has 0 spiro atoms. The van der Waals surface area contributed by atoms with E-state index in [-0.39, 0.29) is 30.6 Å². The summed E-state index contributed by atoms with van der Waals surface area (Å²) >= 11 is 0. The number of hydrogen-bond acceptors (Lipinski definition) is 5. The third kappa shape index (κ3) is 8.57. The molecular formula is C20H30N2O5. The molecular weight excluding hydrogens is 348 g/mol. The van der Waals surface area contributed by atoms with Crippen molar-refractivity contribution in [3.05, 3.63) is 29.8 Å². The van der Waals surface area contributed by atoms with Gasteiger partial charge in [0, 0.05) is 38.0 Å². The fourth-order valence-corrected chi connectivity index (χ4v) is 2.42. The summed E-state index contributed by atoms with van der Waals surface area (Å²) < 4.78 is 10.3. The Morgan fingerprint density at radius 3 is 2.44 bits per heavy atom. The van der Waals surface area contributed by atoms with Crippen LogP contribution in [0, 0.1) is 0 Å². The molecule has 0 saturated heterocycles. The first-order chi connectivity index (χ1) is 12.5. The van der Waals surface area contributed by atoms with E-state index in [1.165, 1.54) is 12.0 Å². The summed E-state index contributed by atoms with van der Waals surface area (Å²) in [4.78, 5) is 37.8. The van der Waals surface area contributed by atoms with Gasteiger partial charge < -0.3 is 19.7 Å². The SMILES string of the molecule is COc1cccc(C(=O)CCC(=O)N(C)CC(C)NC(=O)OC(C)(C)C)c1. The van der Waals surface area contributed by atoms with Gasteiger partial charge in [-0.1, -0.05) is 12.1 Å². The highest BCUT2D eigenvalue weighted by Gasteiger charge is 2.20. The highest BCUT2D eigenvalue weighted by molar-refractivity contribution is 5.98. The van der Waals surface area contributed by atoms with Crippen LogP contribution in [0.1, 0.15) is 50.9 Å². The molecule has 1 aromatic rings. The van der Waals surface area contributed by atoms with Crippen LogP contribution in [0.15, 0.2) is 24.3 Å². The number of alkyl carbamates (subject to hydrolysis) is 1. The number of Topliss-reactive ketones (excluding diaryl/α,β-unsaturated/α-hetero) is 1. The number of amides is 2. The minimum atomic E-state index is -0.577. The van der Waals surface area contributed by atoms with E-state index >= 15 is 0 Å². The van der Waals surface area contributed by atoms with Crippen molar-refractivity contribution in [3.63, 3.8) is 0 Å². The molecule has 1 atom stereocenters. The van der Waals surface area contributed by atoms with Crippen LogP contribution in [0.25, 0.3) is 0 Å². The highest BCUT2D eigenvalue weighted by atomic mass is 16.6. The molecule has 0 bridgehead atoms. The second kappa shape index (κ2) is 9.94. The largest absolute Gasteiger partial charge is 0.497 e. The van der Waals surface area contributed by atoms with Crippen LogP contribution in [-0.4, -0.2) is 55.0 Å². The van der Waals surface area contributed by atoms with E-state index in [1.807, 2.05) is 0 Å². The molecule has 0 heterocycles.